The Morgan fingerprint density at radius 3 is 2.33 bits per heavy atom. The van der Waals surface area contributed by atoms with Crippen molar-refractivity contribution >= 4 is 10.0 Å². The molecular formula is C12H14F3NO4S. The van der Waals surface area contributed by atoms with Crippen LogP contribution in [0.15, 0.2) is 29.2 Å². The molecule has 9 heteroatoms. The van der Waals surface area contributed by atoms with Crippen LogP contribution in [0.3, 0.4) is 0 Å². The molecule has 21 heavy (non-hydrogen) atoms. The third-order valence-corrected chi connectivity index (χ3v) is 5.05. The smallest absolute Gasteiger partial charge is 0.404 e. The summed E-state index contributed by atoms with van der Waals surface area (Å²) in [5.74, 6) is -0.754. The second-order valence-electron chi connectivity index (χ2n) is 4.63. The third-order valence-electron chi connectivity index (χ3n) is 3.12. The molecule has 1 aliphatic rings. The summed E-state index contributed by atoms with van der Waals surface area (Å²) in [6, 6.07) is 4.62. The number of para-hydroxylation sites is 1. The van der Waals surface area contributed by atoms with Gasteiger partial charge in [-0.05, 0) is 25.0 Å². The Kier molecular flexibility index (Phi) is 4.45. The number of benzene rings is 1. The van der Waals surface area contributed by atoms with Crippen LogP contribution in [-0.4, -0.2) is 43.4 Å². The van der Waals surface area contributed by atoms with Gasteiger partial charge in [0.05, 0.1) is 6.10 Å². The van der Waals surface area contributed by atoms with Crippen LogP contribution < -0.4 is 4.74 Å². The second kappa shape index (κ2) is 5.82. The molecule has 0 bridgehead atoms. The van der Waals surface area contributed by atoms with Crippen molar-refractivity contribution in [2.24, 2.45) is 0 Å². The summed E-state index contributed by atoms with van der Waals surface area (Å²) < 4.78 is 66.6. The average Bonchev–Trinajstić information content (AvgIpc) is 2.37. The molecule has 0 saturated carbocycles. The lowest BCUT2D eigenvalue weighted by atomic mass is 10.1. The van der Waals surface area contributed by atoms with Crippen molar-refractivity contribution in [3.8, 4) is 5.75 Å². The van der Waals surface area contributed by atoms with Gasteiger partial charge in [0.25, 0.3) is 0 Å². The van der Waals surface area contributed by atoms with Gasteiger partial charge in [-0.1, -0.05) is 12.1 Å². The number of halogens is 3. The molecule has 1 aromatic rings. The van der Waals surface area contributed by atoms with Crippen LogP contribution in [0.25, 0.3) is 0 Å². The Balaban J connectivity index is 2.32. The molecule has 1 aliphatic heterocycles. The summed E-state index contributed by atoms with van der Waals surface area (Å²) >= 11 is 0. The SMILES string of the molecule is O=S(=O)(c1ccccc1OC(F)(F)F)N1CCC(O)CC1. The zero-order chi connectivity index (χ0) is 15.7. The molecule has 1 fully saturated rings. The van der Waals surface area contributed by atoms with Crippen molar-refractivity contribution in [2.75, 3.05) is 13.1 Å². The maximum absolute atomic E-state index is 12.4. The number of rotatable bonds is 3. The highest BCUT2D eigenvalue weighted by atomic mass is 32.2. The minimum atomic E-state index is -4.97. The zero-order valence-electron chi connectivity index (χ0n) is 10.9. The summed E-state index contributed by atoms with van der Waals surface area (Å²) in [6.45, 7) is 0.119. The predicted octanol–water partition coefficient (Wildman–Crippen LogP) is 1.73. The van der Waals surface area contributed by atoms with Crippen molar-refractivity contribution in [1.82, 2.24) is 4.31 Å². The first-order chi connectivity index (χ1) is 9.70. The molecule has 0 radical (unpaired) electrons. The van der Waals surface area contributed by atoms with Crippen molar-refractivity contribution in [3.63, 3.8) is 0 Å². The van der Waals surface area contributed by atoms with Gasteiger partial charge in [-0.15, -0.1) is 13.2 Å². The standard InChI is InChI=1S/C12H14F3NO4S/c13-12(14,15)20-10-3-1-2-4-11(10)21(18,19)16-7-5-9(17)6-8-16/h1-4,9,17H,5-8H2. The Labute approximate surface area is 120 Å². The summed E-state index contributed by atoms with van der Waals surface area (Å²) in [7, 11) is -4.09. The van der Waals surface area contributed by atoms with Crippen LogP contribution in [0, 0.1) is 0 Å². The molecule has 1 N–H and O–H groups in total. The molecule has 1 heterocycles. The Bertz CT molecular complexity index is 595. The van der Waals surface area contributed by atoms with Gasteiger partial charge >= 0.3 is 6.36 Å². The summed E-state index contributed by atoms with van der Waals surface area (Å²) in [4.78, 5) is -0.529. The maximum Gasteiger partial charge on any atom is 0.573 e. The van der Waals surface area contributed by atoms with Gasteiger partial charge in [0.1, 0.15) is 10.6 Å². The topological polar surface area (TPSA) is 66.8 Å². The molecule has 1 aromatic carbocycles. The number of hydrogen-bond acceptors (Lipinski definition) is 4. The molecule has 0 aliphatic carbocycles. The van der Waals surface area contributed by atoms with Gasteiger partial charge < -0.3 is 9.84 Å². The lowest BCUT2D eigenvalue weighted by Crippen LogP contribution is -2.40. The predicted molar refractivity (Wildman–Crippen MR) is 67.1 cm³/mol. The van der Waals surface area contributed by atoms with E-state index in [2.05, 4.69) is 4.74 Å². The largest absolute Gasteiger partial charge is 0.573 e. The number of nitrogens with zero attached hydrogens (tertiary/aromatic N) is 1. The fourth-order valence-corrected chi connectivity index (χ4v) is 3.68. The van der Waals surface area contributed by atoms with Crippen molar-refractivity contribution < 1.29 is 31.4 Å². The number of piperidine rings is 1. The molecule has 0 spiro atoms. The van der Waals surface area contributed by atoms with E-state index in [1.54, 1.807) is 0 Å². The number of ether oxygens (including phenoxy) is 1. The van der Waals surface area contributed by atoms with Gasteiger partial charge in [0.2, 0.25) is 10.0 Å². The monoisotopic (exact) mass is 325 g/mol. The van der Waals surface area contributed by atoms with E-state index < -0.39 is 33.1 Å². The number of aliphatic hydroxyl groups is 1. The lowest BCUT2D eigenvalue weighted by Gasteiger charge is -2.29. The molecule has 0 atom stereocenters. The average molecular weight is 325 g/mol. The van der Waals surface area contributed by atoms with Gasteiger partial charge in [-0.3, -0.25) is 0 Å². The highest BCUT2D eigenvalue weighted by Crippen LogP contribution is 2.32. The van der Waals surface area contributed by atoms with E-state index in [9.17, 15) is 26.7 Å². The van der Waals surface area contributed by atoms with Gasteiger partial charge in [-0.25, -0.2) is 8.42 Å². The number of hydrogen-bond donors (Lipinski definition) is 1. The minimum Gasteiger partial charge on any atom is -0.404 e. The van der Waals surface area contributed by atoms with Crippen LogP contribution >= 0.6 is 0 Å². The third kappa shape index (κ3) is 3.86. The normalized spacial score (nSPS) is 18.7. The van der Waals surface area contributed by atoms with Crippen molar-refractivity contribution in [2.45, 2.75) is 30.2 Å². The van der Waals surface area contributed by atoms with E-state index in [1.165, 1.54) is 12.1 Å². The maximum atomic E-state index is 12.4. The lowest BCUT2D eigenvalue weighted by molar-refractivity contribution is -0.275. The molecule has 0 unspecified atom stereocenters. The quantitative estimate of drug-likeness (QED) is 0.919. The Morgan fingerprint density at radius 1 is 1.19 bits per heavy atom. The van der Waals surface area contributed by atoms with Gasteiger partial charge in [-0.2, -0.15) is 4.31 Å². The molecule has 0 amide bonds. The van der Waals surface area contributed by atoms with Crippen molar-refractivity contribution in [1.29, 1.82) is 0 Å². The summed E-state index contributed by atoms with van der Waals surface area (Å²) in [6.07, 6.45) is -5.05. The van der Waals surface area contributed by atoms with E-state index in [1.807, 2.05) is 0 Å². The van der Waals surface area contributed by atoms with Crippen LogP contribution in [-0.2, 0) is 10.0 Å². The highest BCUT2D eigenvalue weighted by Gasteiger charge is 2.36. The number of sulfonamides is 1. The van der Waals surface area contributed by atoms with Gasteiger partial charge in [0.15, 0.2) is 0 Å². The zero-order valence-corrected chi connectivity index (χ0v) is 11.7. The van der Waals surface area contributed by atoms with Crippen LogP contribution in [0.5, 0.6) is 5.75 Å². The molecule has 118 valence electrons. The van der Waals surface area contributed by atoms with E-state index in [0.717, 1.165) is 16.4 Å². The molecule has 0 aromatic heterocycles. The Hall–Kier alpha value is -1.32. The fourth-order valence-electron chi connectivity index (χ4n) is 2.09. The van der Waals surface area contributed by atoms with E-state index in [0.29, 0.717) is 0 Å². The minimum absolute atomic E-state index is 0.0594. The van der Waals surface area contributed by atoms with Crippen molar-refractivity contribution in [3.05, 3.63) is 24.3 Å². The second-order valence-corrected chi connectivity index (χ2v) is 6.54. The summed E-state index contributed by atoms with van der Waals surface area (Å²) in [5.41, 5.74) is 0. The molecular weight excluding hydrogens is 311 g/mol. The number of aliphatic hydroxyl groups excluding tert-OH is 1. The van der Waals surface area contributed by atoms with Crippen LogP contribution in [0.4, 0.5) is 13.2 Å². The first-order valence-corrected chi connectivity index (χ1v) is 7.67. The number of alkyl halides is 3. The highest BCUT2D eigenvalue weighted by molar-refractivity contribution is 7.89. The first kappa shape index (κ1) is 16.1. The van der Waals surface area contributed by atoms with E-state index in [4.69, 9.17) is 0 Å². The Morgan fingerprint density at radius 2 is 1.76 bits per heavy atom. The molecule has 5 nitrogen and oxygen atoms in total. The van der Waals surface area contributed by atoms with Crippen LogP contribution in [0.1, 0.15) is 12.8 Å². The molecule has 1 saturated heterocycles. The van der Waals surface area contributed by atoms with E-state index in [-0.39, 0.29) is 25.9 Å². The first-order valence-electron chi connectivity index (χ1n) is 6.23. The molecule has 2 rings (SSSR count). The fraction of sp³-hybridized carbons (Fsp3) is 0.500. The summed E-state index contributed by atoms with van der Waals surface area (Å²) in [5, 5.41) is 9.38. The van der Waals surface area contributed by atoms with Crippen LogP contribution in [0.2, 0.25) is 0 Å². The van der Waals surface area contributed by atoms with Gasteiger partial charge in [0, 0.05) is 13.1 Å². The van der Waals surface area contributed by atoms with E-state index >= 15 is 0 Å².